The minimum atomic E-state index is -0.0385. The maximum Gasteiger partial charge on any atom is 0.234 e. The molecule has 0 radical (unpaired) electrons. The summed E-state index contributed by atoms with van der Waals surface area (Å²) in [4.78, 5) is 11.3. The lowest BCUT2D eigenvalue weighted by atomic mass is 10.2. The highest BCUT2D eigenvalue weighted by molar-refractivity contribution is 5.77. The number of methoxy groups -OCH3 is 1. The molecule has 3 N–H and O–H groups in total. The molecule has 0 aliphatic heterocycles. The van der Waals surface area contributed by atoms with E-state index in [2.05, 4.69) is 20.8 Å². The van der Waals surface area contributed by atoms with Crippen molar-refractivity contribution in [2.75, 3.05) is 26.8 Å². The molecule has 0 aromatic carbocycles. The van der Waals surface area contributed by atoms with Gasteiger partial charge in [0, 0.05) is 25.9 Å². The fraction of sp³-hybridized carbons (Fsp3) is 0.600. The number of hydrogen-bond acceptors (Lipinski definition) is 4. The Morgan fingerprint density at radius 3 is 3.12 bits per heavy atom. The van der Waals surface area contributed by atoms with Gasteiger partial charge in [0.25, 0.3) is 0 Å². The standard InChI is InChI=1S/C10H18N4O2/c1-8(9-3-4-13-14-9)12-7-10(15)11-5-6-16-2/h3-4,8,12H,5-7H2,1-2H3,(H,11,15)(H,13,14). The van der Waals surface area contributed by atoms with Gasteiger partial charge in [-0.3, -0.25) is 9.89 Å². The number of nitrogens with one attached hydrogen (secondary N) is 3. The second kappa shape index (κ2) is 6.97. The number of ether oxygens (including phenoxy) is 1. The maximum absolute atomic E-state index is 11.3. The van der Waals surface area contributed by atoms with E-state index < -0.39 is 0 Å². The molecule has 6 nitrogen and oxygen atoms in total. The molecule has 1 aromatic heterocycles. The lowest BCUT2D eigenvalue weighted by Gasteiger charge is -2.11. The van der Waals surface area contributed by atoms with Crippen LogP contribution in [0.3, 0.4) is 0 Å². The van der Waals surface area contributed by atoms with E-state index in [0.717, 1.165) is 5.69 Å². The van der Waals surface area contributed by atoms with Crippen LogP contribution in [-0.2, 0) is 9.53 Å². The molecular weight excluding hydrogens is 208 g/mol. The second-order valence-corrected chi connectivity index (χ2v) is 3.46. The lowest BCUT2D eigenvalue weighted by molar-refractivity contribution is -0.120. The van der Waals surface area contributed by atoms with E-state index in [1.807, 2.05) is 13.0 Å². The molecule has 0 saturated heterocycles. The third-order valence-corrected chi connectivity index (χ3v) is 2.19. The summed E-state index contributed by atoms with van der Waals surface area (Å²) in [5.74, 6) is -0.0385. The normalized spacial score (nSPS) is 12.4. The molecular formula is C10H18N4O2. The topological polar surface area (TPSA) is 79.0 Å². The molecule has 1 atom stereocenters. The van der Waals surface area contributed by atoms with Crippen LogP contribution in [0.4, 0.5) is 0 Å². The van der Waals surface area contributed by atoms with Crippen LogP contribution in [0.25, 0.3) is 0 Å². The Hall–Kier alpha value is -1.40. The van der Waals surface area contributed by atoms with Crippen molar-refractivity contribution in [3.8, 4) is 0 Å². The van der Waals surface area contributed by atoms with Crippen LogP contribution in [0.5, 0.6) is 0 Å². The van der Waals surface area contributed by atoms with Crippen molar-refractivity contribution >= 4 is 5.91 Å². The van der Waals surface area contributed by atoms with Crippen LogP contribution in [0.15, 0.2) is 12.3 Å². The third kappa shape index (κ3) is 4.41. The van der Waals surface area contributed by atoms with Crippen LogP contribution in [0.2, 0.25) is 0 Å². The largest absolute Gasteiger partial charge is 0.383 e. The van der Waals surface area contributed by atoms with Gasteiger partial charge in [-0.25, -0.2) is 0 Å². The number of carbonyl (C=O) groups is 1. The zero-order valence-electron chi connectivity index (χ0n) is 9.62. The highest BCUT2D eigenvalue weighted by Gasteiger charge is 2.07. The predicted molar refractivity (Wildman–Crippen MR) is 59.9 cm³/mol. The smallest absolute Gasteiger partial charge is 0.234 e. The Morgan fingerprint density at radius 1 is 1.69 bits per heavy atom. The summed E-state index contributed by atoms with van der Waals surface area (Å²) in [6.07, 6.45) is 1.69. The van der Waals surface area contributed by atoms with Crippen molar-refractivity contribution < 1.29 is 9.53 Å². The first-order chi connectivity index (χ1) is 7.74. The first kappa shape index (κ1) is 12.7. The number of aromatic nitrogens is 2. The summed E-state index contributed by atoms with van der Waals surface area (Å²) >= 11 is 0. The van der Waals surface area contributed by atoms with Gasteiger partial charge in [0.15, 0.2) is 0 Å². The van der Waals surface area contributed by atoms with E-state index in [-0.39, 0.29) is 18.5 Å². The zero-order valence-corrected chi connectivity index (χ0v) is 9.62. The fourth-order valence-electron chi connectivity index (χ4n) is 1.22. The quantitative estimate of drug-likeness (QED) is 0.564. The minimum absolute atomic E-state index is 0.0385. The maximum atomic E-state index is 11.3. The van der Waals surface area contributed by atoms with Gasteiger partial charge in [-0.15, -0.1) is 0 Å². The average Bonchev–Trinajstić information content (AvgIpc) is 2.79. The van der Waals surface area contributed by atoms with Gasteiger partial charge in [-0.2, -0.15) is 5.10 Å². The number of aromatic amines is 1. The fourth-order valence-corrected chi connectivity index (χ4v) is 1.22. The molecule has 0 saturated carbocycles. The van der Waals surface area contributed by atoms with Gasteiger partial charge in [-0.1, -0.05) is 0 Å². The number of rotatable bonds is 7. The summed E-state index contributed by atoms with van der Waals surface area (Å²) in [5, 5.41) is 12.5. The Morgan fingerprint density at radius 2 is 2.50 bits per heavy atom. The van der Waals surface area contributed by atoms with Crippen molar-refractivity contribution in [2.45, 2.75) is 13.0 Å². The average molecular weight is 226 g/mol. The van der Waals surface area contributed by atoms with Crippen molar-refractivity contribution in [1.82, 2.24) is 20.8 Å². The van der Waals surface area contributed by atoms with Crippen molar-refractivity contribution in [1.29, 1.82) is 0 Å². The number of nitrogens with zero attached hydrogens (tertiary/aromatic N) is 1. The first-order valence-electron chi connectivity index (χ1n) is 5.22. The minimum Gasteiger partial charge on any atom is -0.383 e. The zero-order chi connectivity index (χ0) is 11.8. The summed E-state index contributed by atoms with van der Waals surface area (Å²) in [5.41, 5.74) is 0.963. The van der Waals surface area contributed by atoms with Crippen LogP contribution in [-0.4, -0.2) is 42.9 Å². The molecule has 16 heavy (non-hydrogen) atoms. The SMILES string of the molecule is COCCNC(=O)CNC(C)c1ccn[nH]1. The summed E-state index contributed by atoms with van der Waals surface area (Å²) in [6.45, 7) is 3.32. The molecule has 1 unspecified atom stereocenters. The number of H-pyrrole nitrogens is 1. The van der Waals surface area contributed by atoms with Crippen LogP contribution >= 0.6 is 0 Å². The Labute approximate surface area is 94.8 Å². The Kier molecular flexibility index (Phi) is 5.52. The van der Waals surface area contributed by atoms with Crippen LogP contribution < -0.4 is 10.6 Å². The van der Waals surface area contributed by atoms with Gasteiger partial charge < -0.3 is 15.4 Å². The van der Waals surface area contributed by atoms with Gasteiger partial charge in [0.1, 0.15) is 0 Å². The molecule has 90 valence electrons. The van der Waals surface area contributed by atoms with Crippen LogP contribution in [0, 0.1) is 0 Å². The van der Waals surface area contributed by atoms with E-state index in [1.165, 1.54) is 0 Å². The number of amides is 1. The van der Waals surface area contributed by atoms with Crippen molar-refractivity contribution in [3.63, 3.8) is 0 Å². The molecule has 1 rings (SSSR count). The molecule has 0 bridgehead atoms. The molecule has 0 fully saturated rings. The Balaban J connectivity index is 2.16. The predicted octanol–water partition coefficient (Wildman–Crippen LogP) is -0.177. The molecule has 0 aliphatic rings. The van der Waals surface area contributed by atoms with Gasteiger partial charge in [0.2, 0.25) is 5.91 Å². The second-order valence-electron chi connectivity index (χ2n) is 3.46. The highest BCUT2D eigenvalue weighted by Crippen LogP contribution is 2.05. The number of hydrogen-bond donors (Lipinski definition) is 3. The van der Waals surface area contributed by atoms with E-state index in [1.54, 1.807) is 13.3 Å². The molecule has 1 aromatic rings. The lowest BCUT2D eigenvalue weighted by Crippen LogP contribution is -2.36. The number of carbonyl (C=O) groups excluding carboxylic acids is 1. The van der Waals surface area contributed by atoms with Crippen molar-refractivity contribution in [2.24, 2.45) is 0 Å². The molecule has 1 heterocycles. The molecule has 1 amide bonds. The third-order valence-electron chi connectivity index (χ3n) is 2.19. The summed E-state index contributed by atoms with van der Waals surface area (Å²) in [7, 11) is 1.60. The molecule has 6 heteroatoms. The monoisotopic (exact) mass is 226 g/mol. The van der Waals surface area contributed by atoms with Gasteiger partial charge in [0.05, 0.1) is 18.8 Å². The van der Waals surface area contributed by atoms with Crippen molar-refractivity contribution in [3.05, 3.63) is 18.0 Å². The van der Waals surface area contributed by atoms with E-state index >= 15 is 0 Å². The summed E-state index contributed by atoms with van der Waals surface area (Å²) in [6, 6.07) is 1.95. The molecule has 0 spiro atoms. The highest BCUT2D eigenvalue weighted by atomic mass is 16.5. The molecule has 0 aliphatic carbocycles. The Bertz CT molecular complexity index is 300. The van der Waals surface area contributed by atoms with Crippen LogP contribution in [0.1, 0.15) is 18.7 Å². The van der Waals surface area contributed by atoms with E-state index in [0.29, 0.717) is 13.2 Å². The summed E-state index contributed by atoms with van der Waals surface area (Å²) < 4.78 is 4.83. The first-order valence-corrected chi connectivity index (χ1v) is 5.22. The van der Waals surface area contributed by atoms with Gasteiger partial charge >= 0.3 is 0 Å². The van der Waals surface area contributed by atoms with E-state index in [9.17, 15) is 4.79 Å². The van der Waals surface area contributed by atoms with E-state index in [4.69, 9.17) is 4.74 Å². The van der Waals surface area contributed by atoms with Gasteiger partial charge in [-0.05, 0) is 13.0 Å².